The highest BCUT2D eigenvalue weighted by Crippen LogP contribution is 2.43. The monoisotopic (exact) mass is 440 g/mol. The number of hydrogen-bond donors (Lipinski definition) is 1. The maximum absolute atomic E-state index is 13.5. The SMILES string of the molecule is COc1c(-c2n[nH]c3ncc(-c4cccc(C(=O)N(C)C)c4)cc23)cccc1C(F)(F)F. The van der Waals surface area contributed by atoms with Gasteiger partial charge in [0.25, 0.3) is 5.91 Å². The number of aromatic nitrogens is 3. The minimum Gasteiger partial charge on any atom is -0.495 e. The molecule has 0 unspecified atom stereocenters. The van der Waals surface area contributed by atoms with Crippen molar-refractivity contribution in [3.8, 4) is 28.1 Å². The number of para-hydroxylation sites is 1. The molecule has 0 saturated heterocycles. The highest BCUT2D eigenvalue weighted by molar-refractivity contribution is 5.97. The number of hydrogen-bond acceptors (Lipinski definition) is 4. The number of aromatic amines is 1. The zero-order chi connectivity index (χ0) is 23.0. The van der Waals surface area contributed by atoms with Crippen molar-refractivity contribution < 1.29 is 22.7 Å². The van der Waals surface area contributed by atoms with Gasteiger partial charge in [0.2, 0.25) is 0 Å². The number of methoxy groups -OCH3 is 1. The fourth-order valence-corrected chi connectivity index (χ4v) is 3.52. The highest BCUT2D eigenvalue weighted by atomic mass is 19.4. The molecule has 2 aromatic carbocycles. The average molecular weight is 440 g/mol. The molecule has 4 aromatic rings. The van der Waals surface area contributed by atoms with Crippen molar-refractivity contribution in [1.82, 2.24) is 20.1 Å². The van der Waals surface area contributed by atoms with Crippen LogP contribution in [0.3, 0.4) is 0 Å². The van der Waals surface area contributed by atoms with E-state index in [1.165, 1.54) is 24.1 Å². The fourth-order valence-electron chi connectivity index (χ4n) is 3.52. The maximum atomic E-state index is 13.5. The standard InChI is InChI=1S/C23H19F3N4O2/c1-30(2)22(31)14-7-4-6-13(10-14)15-11-17-19(28-29-21(17)27-12-15)16-8-5-9-18(20(16)32-3)23(24,25)26/h4-12H,1-3H3,(H,27,28,29). The zero-order valence-corrected chi connectivity index (χ0v) is 17.5. The van der Waals surface area contributed by atoms with Gasteiger partial charge in [-0.1, -0.05) is 18.2 Å². The minimum atomic E-state index is -4.57. The molecular formula is C23H19F3N4O2. The van der Waals surface area contributed by atoms with Gasteiger partial charge >= 0.3 is 6.18 Å². The fraction of sp³-hybridized carbons (Fsp3) is 0.174. The second-order valence-corrected chi connectivity index (χ2v) is 7.36. The second kappa shape index (κ2) is 7.99. The number of amides is 1. The topological polar surface area (TPSA) is 71.1 Å². The van der Waals surface area contributed by atoms with E-state index >= 15 is 0 Å². The number of alkyl halides is 3. The second-order valence-electron chi connectivity index (χ2n) is 7.36. The lowest BCUT2D eigenvalue weighted by Crippen LogP contribution is -2.21. The Morgan fingerprint density at radius 2 is 1.81 bits per heavy atom. The Kier molecular flexibility index (Phi) is 5.33. The first-order valence-electron chi connectivity index (χ1n) is 9.61. The molecule has 0 aliphatic carbocycles. The molecule has 0 bridgehead atoms. The van der Waals surface area contributed by atoms with Crippen molar-refractivity contribution in [2.24, 2.45) is 0 Å². The van der Waals surface area contributed by atoms with E-state index in [0.29, 0.717) is 22.2 Å². The number of benzene rings is 2. The quantitative estimate of drug-likeness (QED) is 0.484. The lowest BCUT2D eigenvalue weighted by Gasteiger charge is -2.15. The largest absolute Gasteiger partial charge is 0.495 e. The number of carbonyl (C=O) groups is 1. The van der Waals surface area contributed by atoms with Crippen molar-refractivity contribution >= 4 is 16.9 Å². The van der Waals surface area contributed by atoms with Crippen LogP contribution in [0, 0.1) is 0 Å². The molecular weight excluding hydrogens is 421 g/mol. The van der Waals surface area contributed by atoms with E-state index in [0.717, 1.165) is 11.6 Å². The predicted molar refractivity (Wildman–Crippen MR) is 114 cm³/mol. The Morgan fingerprint density at radius 3 is 2.50 bits per heavy atom. The van der Waals surface area contributed by atoms with Gasteiger partial charge < -0.3 is 9.64 Å². The number of H-pyrrole nitrogens is 1. The summed E-state index contributed by atoms with van der Waals surface area (Å²) >= 11 is 0. The zero-order valence-electron chi connectivity index (χ0n) is 17.5. The Hall–Kier alpha value is -3.88. The van der Waals surface area contributed by atoms with Crippen molar-refractivity contribution in [3.05, 3.63) is 65.9 Å². The maximum Gasteiger partial charge on any atom is 0.419 e. The van der Waals surface area contributed by atoms with Gasteiger partial charge in [-0.2, -0.15) is 18.3 Å². The van der Waals surface area contributed by atoms with E-state index in [9.17, 15) is 18.0 Å². The summed E-state index contributed by atoms with van der Waals surface area (Å²) in [5.41, 5.74) is 1.98. The van der Waals surface area contributed by atoms with Gasteiger partial charge in [0.15, 0.2) is 5.65 Å². The third kappa shape index (κ3) is 3.77. The number of halogens is 3. The number of nitrogens with zero attached hydrogens (tertiary/aromatic N) is 3. The molecule has 0 atom stereocenters. The van der Waals surface area contributed by atoms with Gasteiger partial charge in [-0.15, -0.1) is 0 Å². The van der Waals surface area contributed by atoms with Crippen LogP contribution in [-0.4, -0.2) is 47.2 Å². The number of rotatable bonds is 4. The van der Waals surface area contributed by atoms with Crippen LogP contribution in [0.25, 0.3) is 33.4 Å². The van der Waals surface area contributed by atoms with Crippen LogP contribution in [0.1, 0.15) is 15.9 Å². The van der Waals surface area contributed by atoms with Crippen molar-refractivity contribution in [2.45, 2.75) is 6.18 Å². The minimum absolute atomic E-state index is 0.140. The normalized spacial score (nSPS) is 11.6. The molecule has 6 nitrogen and oxygen atoms in total. The number of ether oxygens (including phenoxy) is 1. The average Bonchev–Trinajstić information content (AvgIpc) is 3.20. The predicted octanol–water partition coefficient (Wildman–Crippen LogP) is 5.02. The first-order chi connectivity index (χ1) is 15.2. The summed E-state index contributed by atoms with van der Waals surface area (Å²) in [5, 5.41) is 7.50. The van der Waals surface area contributed by atoms with Gasteiger partial charge in [0.1, 0.15) is 11.4 Å². The molecule has 2 aromatic heterocycles. The van der Waals surface area contributed by atoms with Gasteiger partial charge in [-0.3, -0.25) is 9.89 Å². The molecule has 32 heavy (non-hydrogen) atoms. The summed E-state index contributed by atoms with van der Waals surface area (Å²) in [6.07, 6.45) is -2.96. The van der Waals surface area contributed by atoms with Crippen LogP contribution in [0.15, 0.2) is 54.7 Å². The molecule has 4 rings (SSSR count). The van der Waals surface area contributed by atoms with Crippen LogP contribution < -0.4 is 4.74 Å². The summed E-state index contributed by atoms with van der Waals surface area (Å²) in [4.78, 5) is 18.2. The first-order valence-corrected chi connectivity index (χ1v) is 9.61. The molecule has 0 saturated carbocycles. The summed E-state index contributed by atoms with van der Waals surface area (Å²) in [6, 6.07) is 12.6. The van der Waals surface area contributed by atoms with Crippen molar-refractivity contribution in [1.29, 1.82) is 0 Å². The van der Waals surface area contributed by atoms with E-state index in [-0.39, 0.29) is 22.9 Å². The molecule has 0 spiro atoms. The van der Waals surface area contributed by atoms with Gasteiger partial charge in [0.05, 0.1) is 12.7 Å². The third-order valence-corrected chi connectivity index (χ3v) is 5.05. The van der Waals surface area contributed by atoms with Crippen LogP contribution in [-0.2, 0) is 6.18 Å². The smallest absolute Gasteiger partial charge is 0.419 e. The highest BCUT2D eigenvalue weighted by Gasteiger charge is 2.35. The van der Waals surface area contributed by atoms with Gasteiger partial charge in [-0.05, 0) is 35.9 Å². The lowest BCUT2D eigenvalue weighted by atomic mass is 10.0. The third-order valence-electron chi connectivity index (χ3n) is 5.05. The van der Waals surface area contributed by atoms with Crippen LogP contribution >= 0.6 is 0 Å². The summed E-state index contributed by atoms with van der Waals surface area (Å²) < 4.78 is 45.5. The molecule has 0 radical (unpaired) electrons. The van der Waals surface area contributed by atoms with Gasteiger partial charge in [-0.25, -0.2) is 4.98 Å². The summed E-state index contributed by atoms with van der Waals surface area (Å²) in [6.45, 7) is 0. The molecule has 0 aliphatic heterocycles. The Balaban J connectivity index is 1.86. The first kappa shape index (κ1) is 21.4. The molecule has 1 amide bonds. The molecule has 1 N–H and O–H groups in total. The summed E-state index contributed by atoms with van der Waals surface area (Å²) in [5.74, 6) is -0.448. The van der Waals surface area contributed by atoms with Gasteiger partial charge in [0, 0.05) is 42.4 Å². The summed E-state index contributed by atoms with van der Waals surface area (Å²) in [7, 11) is 4.53. The Bertz CT molecular complexity index is 1310. The van der Waals surface area contributed by atoms with E-state index in [1.54, 1.807) is 44.6 Å². The lowest BCUT2D eigenvalue weighted by molar-refractivity contribution is -0.138. The van der Waals surface area contributed by atoms with Crippen molar-refractivity contribution in [3.63, 3.8) is 0 Å². The van der Waals surface area contributed by atoms with E-state index in [4.69, 9.17) is 4.74 Å². The number of pyridine rings is 1. The molecule has 0 aliphatic rings. The number of fused-ring (bicyclic) bond motifs is 1. The van der Waals surface area contributed by atoms with Crippen LogP contribution in [0.2, 0.25) is 0 Å². The Labute approximate surface area is 181 Å². The van der Waals surface area contributed by atoms with Crippen LogP contribution in [0.4, 0.5) is 13.2 Å². The van der Waals surface area contributed by atoms with E-state index in [1.807, 2.05) is 6.07 Å². The molecule has 2 heterocycles. The van der Waals surface area contributed by atoms with E-state index in [2.05, 4.69) is 15.2 Å². The Morgan fingerprint density at radius 1 is 1.06 bits per heavy atom. The molecule has 164 valence electrons. The molecule has 0 fully saturated rings. The van der Waals surface area contributed by atoms with Crippen molar-refractivity contribution in [2.75, 3.05) is 21.2 Å². The number of carbonyl (C=O) groups excluding carboxylic acids is 1. The molecule has 9 heteroatoms. The van der Waals surface area contributed by atoms with E-state index < -0.39 is 11.7 Å². The van der Waals surface area contributed by atoms with Crippen LogP contribution in [0.5, 0.6) is 5.75 Å². The number of nitrogens with one attached hydrogen (secondary N) is 1.